The van der Waals surface area contributed by atoms with E-state index in [4.69, 9.17) is 0 Å². The van der Waals surface area contributed by atoms with Crippen molar-refractivity contribution in [3.8, 4) is 0 Å². The number of hydrogen-bond acceptors (Lipinski definition) is 2. The standard InChI is InChI=1S/C31H35FN2O2/c32-27-19-16-26(17-20-27)23-34(30(35)21-18-24-10-4-1-5-11-24)29(22-25-12-6-2-7-13-25)31(36)33-28-14-8-3-9-15-28/h1-2,4-7,10-13,16-17,19-20,28-29H,3,8-9,14-15,18,21-23H2,(H,33,36). The van der Waals surface area contributed by atoms with Crippen LogP contribution in [0.15, 0.2) is 84.9 Å². The molecule has 0 radical (unpaired) electrons. The zero-order chi connectivity index (χ0) is 25.2. The second-order valence-electron chi connectivity index (χ2n) is 9.68. The smallest absolute Gasteiger partial charge is 0.243 e. The summed E-state index contributed by atoms with van der Waals surface area (Å²) in [6, 6.07) is 25.4. The molecule has 1 N–H and O–H groups in total. The Morgan fingerprint density at radius 3 is 2.06 bits per heavy atom. The first-order valence-corrected chi connectivity index (χ1v) is 13.0. The van der Waals surface area contributed by atoms with E-state index in [1.54, 1.807) is 17.0 Å². The Morgan fingerprint density at radius 1 is 0.806 bits per heavy atom. The zero-order valence-electron chi connectivity index (χ0n) is 20.7. The first-order chi connectivity index (χ1) is 17.6. The van der Waals surface area contributed by atoms with Gasteiger partial charge in [-0.1, -0.05) is 92.1 Å². The summed E-state index contributed by atoms with van der Waals surface area (Å²) in [6.07, 6.45) is 6.71. The Balaban J connectivity index is 1.60. The van der Waals surface area contributed by atoms with Crippen LogP contribution in [0.4, 0.5) is 4.39 Å². The maximum absolute atomic E-state index is 13.7. The normalized spacial score (nSPS) is 14.7. The van der Waals surface area contributed by atoms with E-state index in [0.29, 0.717) is 19.3 Å². The van der Waals surface area contributed by atoms with Crippen molar-refractivity contribution >= 4 is 11.8 Å². The molecule has 4 nitrogen and oxygen atoms in total. The molecule has 0 bridgehead atoms. The van der Waals surface area contributed by atoms with Crippen LogP contribution in [0.2, 0.25) is 0 Å². The molecule has 1 atom stereocenters. The summed E-state index contributed by atoms with van der Waals surface area (Å²) in [4.78, 5) is 29.1. The first kappa shape index (κ1) is 25.6. The molecule has 3 aromatic rings. The van der Waals surface area contributed by atoms with Crippen LogP contribution < -0.4 is 5.32 Å². The number of carbonyl (C=O) groups excluding carboxylic acids is 2. The van der Waals surface area contributed by atoms with Crippen molar-refractivity contribution in [2.75, 3.05) is 0 Å². The van der Waals surface area contributed by atoms with Crippen LogP contribution in [-0.4, -0.2) is 28.8 Å². The van der Waals surface area contributed by atoms with Gasteiger partial charge in [-0.2, -0.15) is 0 Å². The van der Waals surface area contributed by atoms with Gasteiger partial charge < -0.3 is 10.2 Å². The number of carbonyl (C=O) groups is 2. The summed E-state index contributed by atoms with van der Waals surface area (Å²) in [6.45, 7) is 0.253. The molecule has 1 unspecified atom stereocenters. The number of aryl methyl sites for hydroxylation is 1. The zero-order valence-corrected chi connectivity index (χ0v) is 20.7. The lowest BCUT2D eigenvalue weighted by atomic mass is 9.94. The van der Waals surface area contributed by atoms with Gasteiger partial charge in [0.25, 0.3) is 0 Å². The Morgan fingerprint density at radius 2 is 1.42 bits per heavy atom. The number of halogens is 1. The van der Waals surface area contributed by atoms with Crippen molar-refractivity contribution in [3.63, 3.8) is 0 Å². The molecule has 0 aliphatic heterocycles. The minimum atomic E-state index is -0.650. The molecule has 0 saturated heterocycles. The molecule has 0 aromatic heterocycles. The highest BCUT2D eigenvalue weighted by molar-refractivity contribution is 5.88. The number of hydrogen-bond donors (Lipinski definition) is 1. The van der Waals surface area contributed by atoms with Gasteiger partial charge >= 0.3 is 0 Å². The first-order valence-electron chi connectivity index (χ1n) is 13.0. The highest BCUT2D eigenvalue weighted by atomic mass is 19.1. The van der Waals surface area contributed by atoms with Crippen molar-refractivity contribution < 1.29 is 14.0 Å². The number of nitrogens with one attached hydrogen (secondary N) is 1. The van der Waals surface area contributed by atoms with Crippen LogP contribution in [0.5, 0.6) is 0 Å². The fourth-order valence-corrected chi connectivity index (χ4v) is 4.92. The number of benzene rings is 3. The fourth-order valence-electron chi connectivity index (χ4n) is 4.92. The summed E-state index contributed by atoms with van der Waals surface area (Å²) < 4.78 is 13.6. The van der Waals surface area contributed by atoms with Crippen LogP contribution >= 0.6 is 0 Å². The van der Waals surface area contributed by atoms with Crippen molar-refractivity contribution in [3.05, 3.63) is 107 Å². The van der Waals surface area contributed by atoms with Gasteiger partial charge in [-0.25, -0.2) is 4.39 Å². The third kappa shape index (κ3) is 7.51. The highest BCUT2D eigenvalue weighted by Gasteiger charge is 2.31. The van der Waals surface area contributed by atoms with E-state index in [9.17, 15) is 14.0 Å². The Bertz CT molecular complexity index is 1100. The molecule has 36 heavy (non-hydrogen) atoms. The molecular weight excluding hydrogens is 451 g/mol. The molecule has 3 aromatic carbocycles. The van der Waals surface area contributed by atoms with Crippen LogP contribution in [-0.2, 0) is 29.0 Å². The second-order valence-corrected chi connectivity index (χ2v) is 9.68. The van der Waals surface area contributed by atoms with Crippen LogP contribution in [0, 0.1) is 5.82 Å². The summed E-state index contributed by atoms with van der Waals surface area (Å²) in [7, 11) is 0. The molecule has 0 heterocycles. The second kappa shape index (κ2) is 13.0. The lowest BCUT2D eigenvalue weighted by molar-refractivity contribution is -0.141. The Labute approximate surface area is 213 Å². The summed E-state index contributed by atoms with van der Waals surface area (Å²) in [5.41, 5.74) is 2.88. The van der Waals surface area contributed by atoms with Gasteiger partial charge in [0.2, 0.25) is 11.8 Å². The summed E-state index contributed by atoms with van der Waals surface area (Å²) in [5, 5.41) is 3.25. The van der Waals surface area contributed by atoms with Crippen molar-refractivity contribution in [2.45, 2.75) is 70.0 Å². The maximum atomic E-state index is 13.7. The summed E-state index contributed by atoms with van der Waals surface area (Å²) >= 11 is 0. The predicted molar refractivity (Wildman–Crippen MR) is 141 cm³/mol. The largest absolute Gasteiger partial charge is 0.352 e. The Kier molecular flexibility index (Phi) is 9.26. The topological polar surface area (TPSA) is 49.4 Å². The van der Waals surface area contributed by atoms with Gasteiger partial charge in [0, 0.05) is 25.4 Å². The van der Waals surface area contributed by atoms with Crippen LogP contribution in [0.1, 0.15) is 55.2 Å². The quantitative estimate of drug-likeness (QED) is 0.391. The van der Waals surface area contributed by atoms with Crippen molar-refractivity contribution in [1.82, 2.24) is 10.2 Å². The number of rotatable bonds is 10. The molecule has 4 rings (SSSR count). The highest BCUT2D eigenvalue weighted by Crippen LogP contribution is 2.20. The molecule has 5 heteroatoms. The third-order valence-electron chi connectivity index (χ3n) is 6.96. The van der Waals surface area contributed by atoms with Crippen molar-refractivity contribution in [1.29, 1.82) is 0 Å². The van der Waals surface area contributed by atoms with Gasteiger partial charge in [-0.15, -0.1) is 0 Å². The van der Waals surface area contributed by atoms with E-state index >= 15 is 0 Å². The van der Waals surface area contributed by atoms with Crippen molar-refractivity contribution in [2.24, 2.45) is 0 Å². The number of amides is 2. The average Bonchev–Trinajstić information content (AvgIpc) is 2.92. The van der Waals surface area contributed by atoms with Crippen LogP contribution in [0.3, 0.4) is 0 Å². The molecule has 0 spiro atoms. The van der Waals surface area contributed by atoms with E-state index in [1.807, 2.05) is 60.7 Å². The van der Waals surface area contributed by atoms with Gasteiger partial charge in [-0.05, 0) is 48.1 Å². The monoisotopic (exact) mass is 486 g/mol. The van der Waals surface area contributed by atoms with Gasteiger partial charge in [0.15, 0.2) is 0 Å². The minimum absolute atomic E-state index is 0.0806. The molecular formula is C31H35FN2O2. The molecule has 188 valence electrons. The third-order valence-corrected chi connectivity index (χ3v) is 6.96. The molecule has 2 amide bonds. The molecule has 1 saturated carbocycles. The minimum Gasteiger partial charge on any atom is -0.352 e. The van der Waals surface area contributed by atoms with E-state index in [-0.39, 0.29) is 30.2 Å². The van der Waals surface area contributed by atoms with Crippen LogP contribution in [0.25, 0.3) is 0 Å². The predicted octanol–water partition coefficient (Wildman–Crippen LogP) is 5.85. The van der Waals surface area contributed by atoms with Gasteiger partial charge in [0.1, 0.15) is 11.9 Å². The van der Waals surface area contributed by atoms with E-state index < -0.39 is 6.04 Å². The van der Waals surface area contributed by atoms with E-state index in [1.165, 1.54) is 18.6 Å². The van der Waals surface area contributed by atoms with Gasteiger partial charge in [0.05, 0.1) is 0 Å². The van der Waals surface area contributed by atoms with E-state index in [0.717, 1.165) is 42.4 Å². The lowest BCUT2D eigenvalue weighted by Crippen LogP contribution is -2.52. The SMILES string of the molecule is O=C(NC1CCCCC1)C(Cc1ccccc1)N(Cc1ccc(F)cc1)C(=O)CCc1ccccc1. The molecule has 1 aliphatic rings. The molecule has 1 aliphatic carbocycles. The van der Waals surface area contributed by atoms with E-state index in [2.05, 4.69) is 5.32 Å². The van der Waals surface area contributed by atoms with Gasteiger partial charge in [-0.3, -0.25) is 9.59 Å². The molecule has 1 fully saturated rings. The average molecular weight is 487 g/mol. The maximum Gasteiger partial charge on any atom is 0.243 e. The number of nitrogens with zero attached hydrogens (tertiary/aromatic N) is 1. The lowest BCUT2D eigenvalue weighted by Gasteiger charge is -2.33. The summed E-state index contributed by atoms with van der Waals surface area (Å²) in [5.74, 6) is -0.514. The fraction of sp³-hybridized carbons (Fsp3) is 0.355. The Hall–Kier alpha value is -3.47.